The average Bonchev–Trinajstić information content (AvgIpc) is 3.33. The van der Waals surface area contributed by atoms with Crippen LogP contribution in [0.5, 0.6) is 0 Å². The predicted octanol–water partition coefficient (Wildman–Crippen LogP) is 2.14. The maximum atomic E-state index is 13.2. The number of hydrogen-bond donors (Lipinski definition) is 0. The normalized spacial score (nSPS) is 19.1. The van der Waals surface area contributed by atoms with E-state index in [9.17, 15) is 4.79 Å². The Morgan fingerprint density at radius 2 is 1.97 bits per heavy atom. The van der Waals surface area contributed by atoms with Crippen molar-refractivity contribution in [2.75, 3.05) is 45.0 Å². The molecule has 168 valence electrons. The summed E-state index contributed by atoms with van der Waals surface area (Å²) >= 11 is 0. The van der Waals surface area contributed by atoms with Crippen LogP contribution in [-0.4, -0.2) is 80.3 Å². The third kappa shape index (κ3) is 4.58. The summed E-state index contributed by atoms with van der Waals surface area (Å²) in [5.74, 6) is 0.333. The van der Waals surface area contributed by atoms with Crippen LogP contribution in [0.25, 0.3) is 22.3 Å². The van der Waals surface area contributed by atoms with E-state index in [2.05, 4.69) is 25.3 Å². The van der Waals surface area contributed by atoms with Gasteiger partial charge < -0.3 is 9.38 Å². The van der Waals surface area contributed by atoms with Crippen molar-refractivity contribution < 1.29 is 17.5 Å². The second-order valence-electron chi connectivity index (χ2n) is 8.25. The fourth-order valence-electron chi connectivity index (χ4n) is 3.83. The number of piperazine rings is 1. The summed E-state index contributed by atoms with van der Waals surface area (Å²) in [6.45, 7) is -5.13. The Labute approximate surface area is 200 Å². The van der Waals surface area contributed by atoms with E-state index in [1.807, 2.05) is 17.0 Å². The van der Waals surface area contributed by atoms with Gasteiger partial charge in [0.2, 0.25) is 0 Å². The van der Waals surface area contributed by atoms with Crippen LogP contribution in [-0.2, 0) is 13.5 Å². The van der Waals surface area contributed by atoms with Crippen molar-refractivity contribution in [1.29, 1.82) is 0 Å². The summed E-state index contributed by atoms with van der Waals surface area (Å²) in [4.78, 5) is 28.4. The van der Waals surface area contributed by atoms with Gasteiger partial charge >= 0.3 is 0 Å². The molecule has 0 bridgehead atoms. The molecule has 4 aromatic heterocycles. The molecule has 5 heterocycles. The molecule has 0 N–H and O–H groups in total. The largest absolute Gasteiger partial charge is 0.345 e. The van der Waals surface area contributed by atoms with Gasteiger partial charge in [-0.1, -0.05) is 5.21 Å². The van der Waals surface area contributed by atoms with Gasteiger partial charge in [0.15, 0.2) is 5.78 Å². The Kier molecular flexibility index (Phi) is 3.83. The minimum atomic E-state index is -2.67. The number of anilines is 1. The topological polar surface area (TPSA) is 89.7 Å². The van der Waals surface area contributed by atoms with E-state index in [0.29, 0.717) is 34.0 Å². The van der Waals surface area contributed by atoms with E-state index >= 15 is 0 Å². The molecule has 9 nitrogen and oxygen atoms in total. The predicted molar refractivity (Wildman–Crippen MR) is 126 cm³/mol. The number of carbonyl (C=O) groups excluding carboxylic acids is 1. The molecular formula is C24H27N8O+. The second kappa shape index (κ2) is 8.32. The molecule has 33 heavy (non-hydrogen) atoms. The lowest BCUT2D eigenvalue weighted by molar-refractivity contribution is -0.890. The highest BCUT2D eigenvalue weighted by Gasteiger charge is 2.25. The van der Waals surface area contributed by atoms with Crippen LogP contribution in [0.3, 0.4) is 0 Å². The number of pyridine rings is 3. The molecule has 0 spiro atoms. The van der Waals surface area contributed by atoms with E-state index in [0.717, 1.165) is 5.39 Å². The van der Waals surface area contributed by atoms with Crippen molar-refractivity contribution in [2.45, 2.75) is 6.42 Å². The first kappa shape index (κ1) is 15.2. The van der Waals surface area contributed by atoms with Gasteiger partial charge in [-0.25, -0.2) is 9.97 Å². The number of rotatable bonds is 5. The van der Waals surface area contributed by atoms with Crippen LogP contribution in [0.1, 0.15) is 24.3 Å². The lowest BCUT2D eigenvalue weighted by Gasteiger charge is -2.39. The molecule has 0 unspecified atom stereocenters. The summed E-state index contributed by atoms with van der Waals surface area (Å²) in [5.41, 5.74) is 2.99. The van der Waals surface area contributed by atoms with E-state index in [1.54, 1.807) is 42.3 Å². The molecule has 0 amide bonds. The fourth-order valence-corrected chi connectivity index (χ4v) is 3.83. The number of ketones is 1. The van der Waals surface area contributed by atoms with Crippen LogP contribution >= 0.6 is 0 Å². The molecule has 0 aliphatic carbocycles. The summed E-state index contributed by atoms with van der Waals surface area (Å²) in [6, 6.07) is 8.79. The van der Waals surface area contributed by atoms with Crippen molar-refractivity contribution in [1.82, 2.24) is 29.9 Å². The van der Waals surface area contributed by atoms with Gasteiger partial charge in [-0.05, 0) is 30.3 Å². The van der Waals surface area contributed by atoms with Gasteiger partial charge in [-0.2, -0.15) is 0 Å². The van der Waals surface area contributed by atoms with Crippen molar-refractivity contribution in [3.05, 3.63) is 60.2 Å². The number of Topliss-reactive ketones (excluding diaryl/α,β-unsaturated/α-hetero) is 1. The number of nitrogens with zero attached hydrogens (tertiary/aromatic N) is 8. The molecule has 4 aromatic rings. The minimum absolute atomic E-state index is 0.0501. The molecule has 1 fully saturated rings. The Morgan fingerprint density at radius 3 is 2.73 bits per heavy atom. The molecule has 0 aromatic carbocycles. The maximum Gasteiger partial charge on any atom is 0.169 e. The van der Waals surface area contributed by atoms with Gasteiger partial charge in [0.1, 0.15) is 11.5 Å². The average molecular weight is 450 g/mol. The third-order valence-electron chi connectivity index (χ3n) is 5.73. The molecule has 5 rings (SSSR count). The third-order valence-corrected chi connectivity index (χ3v) is 5.73. The van der Waals surface area contributed by atoms with Crippen LogP contribution < -0.4 is 4.90 Å². The summed E-state index contributed by atoms with van der Waals surface area (Å²) < 4.78 is 47.8. The Balaban J connectivity index is 1.32. The molecule has 0 saturated carbocycles. The van der Waals surface area contributed by atoms with E-state index < -0.39 is 18.4 Å². The lowest BCUT2D eigenvalue weighted by Crippen LogP contribution is -2.55. The van der Waals surface area contributed by atoms with Gasteiger partial charge in [0.05, 0.1) is 77.9 Å². The zero-order valence-electron chi connectivity index (χ0n) is 24.1. The zero-order chi connectivity index (χ0) is 28.0. The number of likely N-dealkylation sites (N-methyl/N-ethyl adjacent to an activating group) is 1. The van der Waals surface area contributed by atoms with Crippen LogP contribution in [0.15, 0.2) is 48.9 Å². The number of quaternary nitrogens is 1. The first-order valence-corrected chi connectivity index (χ1v) is 10.6. The van der Waals surface area contributed by atoms with Gasteiger partial charge in [-0.15, -0.1) is 5.10 Å². The van der Waals surface area contributed by atoms with Crippen LogP contribution in [0.4, 0.5) is 5.82 Å². The highest BCUT2D eigenvalue weighted by Crippen LogP contribution is 2.21. The fraction of sp³-hybridized carbons (Fsp3) is 0.333. The Hall–Kier alpha value is -3.72. The number of hydrogen-bond acceptors (Lipinski definition) is 7. The van der Waals surface area contributed by atoms with E-state index in [-0.39, 0.29) is 38.4 Å². The summed E-state index contributed by atoms with van der Waals surface area (Å²) in [6.07, 6.45) is 5.02. The molecular weight excluding hydrogens is 416 g/mol. The number of aryl methyl sites for hydroxylation is 1. The number of carbonyl (C=O) groups is 1. The van der Waals surface area contributed by atoms with E-state index in [1.165, 1.54) is 6.20 Å². The van der Waals surface area contributed by atoms with Gasteiger partial charge in [0, 0.05) is 30.4 Å². The highest BCUT2D eigenvalue weighted by atomic mass is 16.1. The molecule has 9 heteroatoms. The maximum absolute atomic E-state index is 13.2. The SMILES string of the molecule is [2H]C([2H])([2H])[N+]1(C([2H])([2H])[2H])CCN(c2cc(C(=O)Cc3cc4nc(-c5cn(C)nn5)ccc4cn3)ccn2)CC1. The highest BCUT2D eigenvalue weighted by molar-refractivity contribution is 5.98. The first-order chi connectivity index (χ1) is 18.4. The lowest BCUT2D eigenvalue weighted by atomic mass is 10.1. The van der Waals surface area contributed by atoms with Gasteiger partial charge in [-0.3, -0.25) is 14.5 Å². The molecule has 0 atom stereocenters. The smallest absolute Gasteiger partial charge is 0.169 e. The molecule has 1 aliphatic rings. The van der Waals surface area contributed by atoms with E-state index in [4.69, 9.17) is 8.22 Å². The number of fused-ring (bicyclic) bond motifs is 1. The second-order valence-corrected chi connectivity index (χ2v) is 8.25. The Bertz CT molecular complexity index is 1510. The first-order valence-electron chi connectivity index (χ1n) is 13.6. The van der Waals surface area contributed by atoms with Crippen LogP contribution in [0, 0.1) is 0 Å². The quantitative estimate of drug-likeness (QED) is 0.341. The number of aromatic nitrogens is 6. The van der Waals surface area contributed by atoms with Crippen molar-refractivity contribution >= 4 is 22.5 Å². The minimum Gasteiger partial charge on any atom is -0.345 e. The monoisotopic (exact) mass is 449 g/mol. The summed E-state index contributed by atoms with van der Waals surface area (Å²) in [5, 5.41) is 8.87. The van der Waals surface area contributed by atoms with Crippen molar-refractivity contribution in [2.24, 2.45) is 7.05 Å². The zero-order valence-corrected chi connectivity index (χ0v) is 18.1. The molecule has 0 radical (unpaired) electrons. The molecule has 1 aliphatic heterocycles. The van der Waals surface area contributed by atoms with Crippen molar-refractivity contribution in [3.63, 3.8) is 0 Å². The summed E-state index contributed by atoms with van der Waals surface area (Å²) in [7, 11) is 1.78. The van der Waals surface area contributed by atoms with Crippen molar-refractivity contribution in [3.8, 4) is 11.4 Å². The Morgan fingerprint density at radius 1 is 1.12 bits per heavy atom. The molecule has 1 saturated heterocycles. The van der Waals surface area contributed by atoms with Crippen LogP contribution in [0.2, 0.25) is 0 Å². The van der Waals surface area contributed by atoms with Gasteiger partial charge in [0.25, 0.3) is 0 Å². The standard InChI is InChI=1S/C24H27N8O/c1-30-16-22(28-29-30)20-5-4-18-15-26-19(13-21(18)27-20)14-23(33)17-6-7-25-24(12-17)31-8-10-32(2,3)11-9-31/h4-7,12-13,15-16H,8-11,14H2,1-3H3/q+1/i2D3,3D3.